The van der Waals surface area contributed by atoms with E-state index >= 15 is 0 Å². The normalized spacial score (nSPS) is 19.5. The summed E-state index contributed by atoms with van der Waals surface area (Å²) in [4.78, 5) is 26.7. The molecule has 2 aliphatic rings. The number of Topliss-reactive ketones (excluding diaryl/α,β-unsaturated/α-hetero) is 1. The number of nitrogens with zero attached hydrogens (tertiary/aromatic N) is 1. The molecule has 1 heterocycles. The lowest BCUT2D eigenvalue weighted by Gasteiger charge is -2.33. The second-order valence-corrected chi connectivity index (χ2v) is 8.31. The molecule has 0 radical (unpaired) electrons. The van der Waals surface area contributed by atoms with Gasteiger partial charge >= 0.3 is 6.09 Å². The highest BCUT2D eigenvalue weighted by Crippen LogP contribution is 2.35. The fraction of sp³-hybridized carbons (Fsp3) is 0.417. The van der Waals surface area contributed by atoms with Gasteiger partial charge in [0.05, 0.1) is 0 Å². The van der Waals surface area contributed by atoms with Crippen LogP contribution < -0.4 is 10.1 Å². The van der Waals surface area contributed by atoms with Crippen molar-refractivity contribution in [2.45, 2.75) is 32.2 Å². The van der Waals surface area contributed by atoms with Gasteiger partial charge in [-0.25, -0.2) is 9.18 Å². The molecule has 1 fully saturated rings. The fourth-order valence-electron chi connectivity index (χ4n) is 4.63. The van der Waals surface area contributed by atoms with Crippen LogP contribution in [0.15, 0.2) is 42.5 Å². The maximum absolute atomic E-state index is 13.4. The van der Waals surface area contributed by atoms with E-state index in [0.717, 1.165) is 56.4 Å². The van der Waals surface area contributed by atoms with Gasteiger partial charge in [0.15, 0.2) is 5.78 Å². The zero-order chi connectivity index (χ0) is 21.1. The van der Waals surface area contributed by atoms with E-state index in [1.807, 2.05) is 12.1 Å². The van der Waals surface area contributed by atoms with Gasteiger partial charge in [-0.15, -0.1) is 0 Å². The molecular formula is C24H27FN2O3. The molecule has 0 saturated carbocycles. The highest BCUT2D eigenvalue weighted by molar-refractivity contribution is 6.02. The van der Waals surface area contributed by atoms with Gasteiger partial charge in [0.1, 0.15) is 11.6 Å². The Bertz CT molecular complexity index is 938. The van der Waals surface area contributed by atoms with Crippen molar-refractivity contribution in [1.29, 1.82) is 0 Å². The number of amides is 1. The van der Waals surface area contributed by atoms with Crippen LogP contribution in [0.5, 0.6) is 5.75 Å². The summed E-state index contributed by atoms with van der Waals surface area (Å²) in [5.41, 5.74) is 2.73. The van der Waals surface area contributed by atoms with Crippen LogP contribution in [0.25, 0.3) is 0 Å². The first-order chi connectivity index (χ1) is 14.5. The molecule has 158 valence electrons. The number of ketones is 1. The van der Waals surface area contributed by atoms with Gasteiger partial charge in [0.25, 0.3) is 0 Å². The lowest BCUT2D eigenvalue weighted by atomic mass is 9.85. The number of ether oxygens (including phenoxy) is 1. The number of carbonyl (C=O) groups is 2. The highest BCUT2D eigenvalue weighted by atomic mass is 19.1. The molecule has 0 bridgehead atoms. The Labute approximate surface area is 176 Å². The second kappa shape index (κ2) is 8.96. The molecule has 1 amide bonds. The summed E-state index contributed by atoms with van der Waals surface area (Å²) in [6.45, 7) is 2.71. The second-order valence-electron chi connectivity index (χ2n) is 8.31. The van der Waals surface area contributed by atoms with E-state index in [4.69, 9.17) is 4.74 Å². The van der Waals surface area contributed by atoms with E-state index in [1.165, 1.54) is 13.1 Å². The van der Waals surface area contributed by atoms with Gasteiger partial charge in [-0.05, 0) is 80.1 Å². The maximum atomic E-state index is 13.4. The monoisotopic (exact) mass is 410 g/mol. The standard InChI is InChI=1S/C24H27FN2O3/c1-26-24(29)30-21-6-5-18-13-19(23(28)22(18)14-21)11-16-7-9-27(10-8-16)15-17-3-2-4-20(25)12-17/h2-6,12,14,16,19H,7-11,13,15H2,1H3,(H,26,29). The van der Waals surface area contributed by atoms with Crippen LogP contribution in [0, 0.1) is 17.7 Å². The van der Waals surface area contributed by atoms with Crippen LogP contribution in [-0.2, 0) is 13.0 Å². The number of benzene rings is 2. The van der Waals surface area contributed by atoms with Crippen molar-refractivity contribution in [3.05, 3.63) is 65.0 Å². The van der Waals surface area contributed by atoms with Crippen LogP contribution in [0.2, 0.25) is 0 Å². The summed E-state index contributed by atoms with van der Waals surface area (Å²) < 4.78 is 18.5. The molecule has 30 heavy (non-hydrogen) atoms. The average Bonchev–Trinajstić information content (AvgIpc) is 3.04. The Balaban J connectivity index is 1.30. The summed E-state index contributed by atoms with van der Waals surface area (Å²) in [7, 11) is 1.50. The molecule has 1 aliphatic carbocycles. The quantitative estimate of drug-likeness (QED) is 0.803. The zero-order valence-electron chi connectivity index (χ0n) is 17.2. The van der Waals surface area contributed by atoms with Gasteiger partial charge in [-0.3, -0.25) is 9.69 Å². The molecule has 6 heteroatoms. The topological polar surface area (TPSA) is 58.6 Å². The third-order valence-corrected chi connectivity index (χ3v) is 6.22. The third kappa shape index (κ3) is 4.70. The van der Waals surface area contributed by atoms with E-state index in [2.05, 4.69) is 10.2 Å². The number of rotatable bonds is 5. The smallest absolute Gasteiger partial charge is 0.410 e. The van der Waals surface area contributed by atoms with Crippen molar-refractivity contribution in [1.82, 2.24) is 10.2 Å². The van der Waals surface area contributed by atoms with Crippen molar-refractivity contribution in [3.8, 4) is 5.75 Å². The molecule has 0 spiro atoms. The number of hydrogen-bond acceptors (Lipinski definition) is 4. The molecule has 1 saturated heterocycles. The van der Waals surface area contributed by atoms with Gasteiger partial charge in [0, 0.05) is 25.1 Å². The first kappa shape index (κ1) is 20.5. The summed E-state index contributed by atoms with van der Waals surface area (Å²) >= 11 is 0. The van der Waals surface area contributed by atoms with Gasteiger partial charge in [0.2, 0.25) is 0 Å². The Hall–Kier alpha value is -2.73. The van der Waals surface area contributed by atoms with Gasteiger partial charge < -0.3 is 10.1 Å². The lowest BCUT2D eigenvalue weighted by Crippen LogP contribution is -2.34. The Morgan fingerprint density at radius 2 is 2.00 bits per heavy atom. The third-order valence-electron chi connectivity index (χ3n) is 6.22. The predicted molar refractivity (Wildman–Crippen MR) is 112 cm³/mol. The minimum atomic E-state index is -0.540. The van der Waals surface area contributed by atoms with Gasteiger partial charge in [-0.1, -0.05) is 18.2 Å². The molecule has 1 aliphatic heterocycles. The molecule has 2 aromatic carbocycles. The SMILES string of the molecule is CNC(=O)Oc1ccc2c(c1)C(=O)C(CC1CCN(Cc3cccc(F)c3)CC1)C2. The number of nitrogens with one attached hydrogen (secondary N) is 1. The molecule has 1 unspecified atom stereocenters. The summed E-state index contributed by atoms with van der Waals surface area (Å²) in [6.07, 6.45) is 3.23. The van der Waals surface area contributed by atoms with E-state index < -0.39 is 6.09 Å². The van der Waals surface area contributed by atoms with Crippen molar-refractivity contribution in [3.63, 3.8) is 0 Å². The minimum absolute atomic E-state index is 0.00928. The largest absolute Gasteiger partial charge is 0.412 e. The van der Waals surface area contributed by atoms with Crippen molar-refractivity contribution < 1.29 is 18.7 Å². The average molecular weight is 410 g/mol. The van der Waals surface area contributed by atoms with E-state index in [-0.39, 0.29) is 17.5 Å². The first-order valence-electron chi connectivity index (χ1n) is 10.6. The number of likely N-dealkylation sites (tertiary alicyclic amines) is 1. The molecule has 0 aromatic heterocycles. The van der Waals surface area contributed by atoms with Crippen LogP contribution in [0.1, 0.15) is 40.7 Å². The lowest BCUT2D eigenvalue weighted by molar-refractivity contribution is 0.0895. The minimum Gasteiger partial charge on any atom is -0.410 e. The van der Waals surface area contributed by atoms with E-state index in [1.54, 1.807) is 24.3 Å². The van der Waals surface area contributed by atoms with Gasteiger partial charge in [-0.2, -0.15) is 0 Å². The van der Waals surface area contributed by atoms with E-state index in [0.29, 0.717) is 17.2 Å². The molecule has 1 atom stereocenters. The van der Waals surface area contributed by atoms with Crippen LogP contribution in [-0.4, -0.2) is 36.9 Å². The number of fused-ring (bicyclic) bond motifs is 1. The molecule has 4 rings (SSSR count). The number of piperidine rings is 1. The Kier molecular flexibility index (Phi) is 6.13. The zero-order valence-corrected chi connectivity index (χ0v) is 17.2. The van der Waals surface area contributed by atoms with Crippen LogP contribution in [0.3, 0.4) is 0 Å². The molecule has 2 aromatic rings. The summed E-state index contributed by atoms with van der Waals surface area (Å²) in [6, 6.07) is 12.1. The van der Waals surface area contributed by atoms with Crippen LogP contribution in [0.4, 0.5) is 9.18 Å². The molecular weight excluding hydrogens is 383 g/mol. The molecule has 5 nitrogen and oxygen atoms in total. The fourth-order valence-corrected chi connectivity index (χ4v) is 4.63. The number of hydrogen-bond donors (Lipinski definition) is 1. The highest BCUT2D eigenvalue weighted by Gasteiger charge is 2.33. The van der Waals surface area contributed by atoms with Crippen molar-refractivity contribution >= 4 is 11.9 Å². The summed E-state index contributed by atoms with van der Waals surface area (Å²) in [5, 5.41) is 2.41. The Morgan fingerprint density at radius 1 is 1.20 bits per heavy atom. The van der Waals surface area contributed by atoms with E-state index in [9.17, 15) is 14.0 Å². The number of carbonyl (C=O) groups excluding carboxylic acids is 2. The van der Waals surface area contributed by atoms with Crippen molar-refractivity contribution in [2.75, 3.05) is 20.1 Å². The van der Waals surface area contributed by atoms with Crippen molar-refractivity contribution in [2.24, 2.45) is 11.8 Å². The first-order valence-corrected chi connectivity index (χ1v) is 10.6. The maximum Gasteiger partial charge on any atom is 0.412 e. The summed E-state index contributed by atoms with van der Waals surface area (Å²) in [5.74, 6) is 0.904. The molecule has 1 N–H and O–H groups in total. The number of halogens is 1. The predicted octanol–water partition coefficient (Wildman–Crippen LogP) is 4.20. The van der Waals surface area contributed by atoms with Crippen LogP contribution >= 0.6 is 0 Å². The Morgan fingerprint density at radius 3 is 2.73 bits per heavy atom.